The number of amides is 2. The lowest BCUT2D eigenvalue weighted by atomic mass is 9.90. The molecule has 9 nitrogen and oxygen atoms in total. The molecule has 6 rings (SSSR count). The van der Waals surface area contributed by atoms with Gasteiger partial charge >= 0.3 is 0 Å². The highest BCUT2D eigenvalue weighted by Crippen LogP contribution is 2.41. The standard InChI is InChI=1S/C32H35FN6O3/c1-5-7-27(40)37-9-6-8-22(37)17-42-29-28(35-18-36-30(29)34)23-13-21(33)14-24(19(23)2)39-11-10-38-25(31(39)41)12-20-15-32(3,4)16-26(20)38/h12-14,18,22H,6,8-11,15-17H2,1-4H3,(H2,34,35,36)/t22-/m0/s1. The molecule has 0 unspecified atom stereocenters. The van der Waals surface area contributed by atoms with Crippen LogP contribution in [0.4, 0.5) is 15.9 Å². The van der Waals surface area contributed by atoms with Gasteiger partial charge in [-0.2, -0.15) is 0 Å². The average Bonchev–Trinajstić information content (AvgIpc) is 3.62. The molecule has 0 saturated carbocycles. The van der Waals surface area contributed by atoms with Crippen molar-refractivity contribution in [3.63, 3.8) is 0 Å². The first kappa shape index (κ1) is 27.8. The number of nitrogen functional groups attached to an aromatic ring is 1. The molecule has 0 bridgehead atoms. The van der Waals surface area contributed by atoms with Gasteiger partial charge in [-0.15, -0.1) is 0 Å². The highest BCUT2D eigenvalue weighted by Gasteiger charge is 2.37. The number of anilines is 2. The molecular formula is C32H35FN6O3. The van der Waals surface area contributed by atoms with Crippen molar-refractivity contribution in [1.82, 2.24) is 19.4 Å². The van der Waals surface area contributed by atoms with Crippen molar-refractivity contribution in [2.24, 2.45) is 5.41 Å². The Balaban J connectivity index is 1.31. The lowest BCUT2D eigenvalue weighted by Gasteiger charge is -2.31. The van der Waals surface area contributed by atoms with E-state index in [1.807, 2.05) is 13.0 Å². The van der Waals surface area contributed by atoms with Crippen LogP contribution in [0, 0.1) is 30.0 Å². The summed E-state index contributed by atoms with van der Waals surface area (Å²) in [6, 6.07) is 4.61. The molecule has 2 aromatic heterocycles. The molecule has 4 heterocycles. The number of carbonyl (C=O) groups excluding carboxylic acids is 2. The molecule has 2 amide bonds. The van der Waals surface area contributed by atoms with Gasteiger partial charge in [0.1, 0.15) is 30.1 Å². The number of nitrogens with zero attached hydrogens (tertiary/aromatic N) is 5. The molecule has 1 aliphatic carbocycles. The number of benzene rings is 1. The Morgan fingerprint density at radius 2 is 2.00 bits per heavy atom. The maximum absolute atomic E-state index is 15.2. The number of halogens is 1. The van der Waals surface area contributed by atoms with E-state index in [1.165, 1.54) is 29.7 Å². The average molecular weight is 571 g/mol. The monoisotopic (exact) mass is 570 g/mol. The third-order valence-corrected chi connectivity index (χ3v) is 8.64. The number of ether oxygens (including phenoxy) is 1. The largest absolute Gasteiger partial charge is 0.485 e. The number of nitrogens with two attached hydrogens (primary N) is 1. The molecule has 0 radical (unpaired) electrons. The normalized spacial score (nSPS) is 18.9. The lowest BCUT2D eigenvalue weighted by Crippen LogP contribution is -2.41. The first-order chi connectivity index (χ1) is 20.1. The molecule has 1 saturated heterocycles. The number of rotatable bonds is 5. The van der Waals surface area contributed by atoms with E-state index in [0.29, 0.717) is 47.8 Å². The molecule has 1 atom stereocenters. The molecule has 3 aromatic rings. The number of carbonyl (C=O) groups is 2. The molecule has 2 aliphatic heterocycles. The van der Waals surface area contributed by atoms with Crippen molar-refractivity contribution in [3.05, 3.63) is 52.9 Å². The van der Waals surface area contributed by atoms with Crippen LogP contribution in [0.1, 0.15) is 60.9 Å². The maximum atomic E-state index is 15.2. The van der Waals surface area contributed by atoms with Gasteiger partial charge in [0.25, 0.3) is 11.8 Å². The first-order valence-corrected chi connectivity index (χ1v) is 14.4. The van der Waals surface area contributed by atoms with E-state index in [0.717, 1.165) is 25.7 Å². The van der Waals surface area contributed by atoms with Crippen LogP contribution in [0.3, 0.4) is 0 Å². The van der Waals surface area contributed by atoms with Crippen LogP contribution in [0.5, 0.6) is 5.75 Å². The van der Waals surface area contributed by atoms with E-state index in [2.05, 4.69) is 40.2 Å². The Labute approximate surface area is 244 Å². The molecule has 1 fully saturated rings. The van der Waals surface area contributed by atoms with Crippen LogP contribution >= 0.6 is 0 Å². The second-order valence-electron chi connectivity index (χ2n) is 12.1. The zero-order valence-corrected chi connectivity index (χ0v) is 24.5. The molecule has 2 N–H and O–H groups in total. The van der Waals surface area contributed by atoms with Gasteiger partial charge in [0.05, 0.1) is 11.7 Å². The Morgan fingerprint density at radius 3 is 2.79 bits per heavy atom. The van der Waals surface area contributed by atoms with Gasteiger partial charge in [-0.3, -0.25) is 9.59 Å². The first-order valence-electron chi connectivity index (χ1n) is 14.4. The summed E-state index contributed by atoms with van der Waals surface area (Å²) in [4.78, 5) is 38.1. The van der Waals surface area contributed by atoms with Crippen molar-refractivity contribution in [1.29, 1.82) is 0 Å². The van der Waals surface area contributed by atoms with Crippen LogP contribution in [0.25, 0.3) is 11.3 Å². The van der Waals surface area contributed by atoms with Gasteiger partial charge in [-0.25, -0.2) is 14.4 Å². The Morgan fingerprint density at radius 1 is 1.19 bits per heavy atom. The van der Waals surface area contributed by atoms with Gasteiger partial charge in [0.2, 0.25) is 0 Å². The summed E-state index contributed by atoms with van der Waals surface area (Å²) in [6.45, 7) is 9.82. The summed E-state index contributed by atoms with van der Waals surface area (Å²) in [5.41, 5.74) is 11.5. The number of aromatic nitrogens is 3. The van der Waals surface area contributed by atoms with Gasteiger partial charge in [0.15, 0.2) is 11.6 Å². The van der Waals surface area contributed by atoms with Crippen molar-refractivity contribution in [3.8, 4) is 28.8 Å². The summed E-state index contributed by atoms with van der Waals surface area (Å²) >= 11 is 0. The molecule has 42 heavy (non-hydrogen) atoms. The summed E-state index contributed by atoms with van der Waals surface area (Å²) < 4.78 is 23.6. The summed E-state index contributed by atoms with van der Waals surface area (Å²) in [6.07, 6.45) is 4.80. The van der Waals surface area contributed by atoms with Crippen molar-refractivity contribution in [2.45, 2.75) is 66.0 Å². The summed E-state index contributed by atoms with van der Waals surface area (Å²) in [5, 5.41) is 0. The third-order valence-electron chi connectivity index (χ3n) is 8.64. The van der Waals surface area contributed by atoms with Crippen LogP contribution in [0.2, 0.25) is 0 Å². The van der Waals surface area contributed by atoms with Gasteiger partial charge in [-0.1, -0.05) is 19.8 Å². The zero-order valence-electron chi connectivity index (χ0n) is 24.5. The summed E-state index contributed by atoms with van der Waals surface area (Å²) in [7, 11) is 0. The number of likely N-dealkylation sites (tertiary alicyclic amines) is 1. The van der Waals surface area contributed by atoms with Crippen LogP contribution in [-0.2, 0) is 24.2 Å². The van der Waals surface area contributed by atoms with Crippen LogP contribution in [0.15, 0.2) is 24.5 Å². The van der Waals surface area contributed by atoms with Gasteiger partial charge in [0, 0.05) is 30.9 Å². The van der Waals surface area contributed by atoms with E-state index in [4.69, 9.17) is 10.5 Å². The molecular weight excluding hydrogens is 535 g/mol. The van der Waals surface area contributed by atoms with E-state index in [1.54, 1.807) is 16.7 Å². The fourth-order valence-electron chi connectivity index (χ4n) is 6.69. The minimum absolute atomic E-state index is 0.110. The fraction of sp³-hybridized carbons (Fsp3) is 0.438. The Bertz CT molecular complexity index is 1670. The molecule has 218 valence electrons. The van der Waals surface area contributed by atoms with Crippen molar-refractivity contribution >= 4 is 23.3 Å². The van der Waals surface area contributed by atoms with E-state index in [-0.39, 0.29) is 41.4 Å². The Kier molecular flexibility index (Phi) is 6.92. The smallest absolute Gasteiger partial charge is 0.298 e. The van der Waals surface area contributed by atoms with Gasteiger partial charge < -0.3 is 24.8 Å². The molecule has 3 aliphatic rings. The van der Waals surface area contributed by atoms with E-state index < -0.39 is 5.82 Å². The van der Waals surface area contributed by atoms with Crippen LogP contribution in [-0.4, -0.2) is 57.0 Å². The van der Waals surface area contributed by atoms with E-state index in [9.17, 15) is 9.59 Å². The molecule has 1 aromatic carbocycles. The topological polar surface area (TPSA) is 107 Å². The number of fused-ring (bicyclic) bond motifs is 3. The second-order valence-corrected chi connectivity index (χ2v) is 12.1. The van der Waals surface area contributed by atoms with Crippen molar-refractivity contribution < 1.29 is 18.7 Å². The second kappa shape index (κ2) is 10.5. The minimum Gasteiger partial charge on any atom is -0.485 e. The predicted octanol–water partition coefficient (Wildman–Crippen LogP) is 4.15. The third kappa shape index (κ3) is 4.77. The fourth-order valence-corrected chi connectivity index (χ4v) is 6.69. The van der Waals surface area contributed by atoms with E-state index >= 15 is 4.39 Å². The highest BCUT2D eigenvalue weighted by atomic mass is 19.1. The Hall–Kier alpha value is -4.39. The minimum atomic E-state index is -0.502. The zero-order chi connectivity index (χ0) is 29.8. The lowest BCUT2D eigenvalue weighted by molar-refractivity contribution is -0.126. The van der Waals surface area contributed by atoms with Gasteiger partial charge in [-0.05, 0) is 80.2 Å². The molecule has 10 heteroatoms. The SMILES string of the molecule is CC#CC(=O)N1CCC[C@H]1COc1c(N)ncnc1-c1cc(F)cc(N2CCn3c(cc4c3CC(C)(C)C4)C2=O)c1C. The highest BCUT2D eigenvalue weighted by molar-refractivity contribution is 6.07. The maximum Gasteiger partial charge on any atom is 0.298 e. The number of hydrogen-bond donors (Lipinski definition) is 1. The predicted molar refractivity (Wildman–Crippen MR) is 158 cm³/mol. The van der Waals surface area contributed by atoms with Crippen LogP contribution < -0.4 is 15.4 Å². The quantitative estimate of drug-likeness (QED) is 0.462. The number of hydrogen-bond acceptors (Lipinski definition) is 6. The summed E-state index contributed by atoms with van der Waals surface area (Å²) in [5.74, 6) is 4.70. The van der Waals surface area contributed by atoms with Crippen molar-refractivity contribution in [2.75, 3.05) is 30.3 Å². The molecule has 0 spiro atoms.